The molecule has 1 unspecified atom stereocenters. The molecule has 2 heterocycles. The molecule has 4 rings (SSSR count). The van der Waals surface area contributed by atoms with Gasteiger partial charge < -0.3 is 35.3 Å². The number of halogens is 1. The van der Waals surface area contributed by atoms with Crippen LogP contribution in [0.1, 0.15) is 31.2 Å². The van der Waals surface area contributed by atoms with E-state index in [0.29, 0.717) is 34.5 Å². The molecule has 0 saturated carbocycles. The molecule has 39 heavy (non-hydrogen) atoms. The predicted octanol–water partition coefficient (Wildman–Crippen LogP) is 2.99. The number of nitrogens with one attached hydrogen (secondary N) is 3. The number of anilines is 1. The van der Waals surface area contributed by atoms with E-state index in [2.05, 4.69) is 16.0 Å². The second-order valence-corrected chi connectivity index (χ2v) is 10.1. The van der Waals surface area contributed by atoms with Crippen molar-refractivity contribution < 1.29 is 33.7 Å². The summed E-state index contributed by atoms with van der Waals surface area (Å²) in [5, 5.41) is 18.5. The summed E-state index contributed by atoms with van der Waals surface area (Å²) in [4.78, 5) is 37.5. The van der Waals surface area contributed by atoms with Gasteiger partial charge in [-0.05, 0) is 74.5 Å². The summed E-state index contributed by atoms with van der Waals surface area (Å²) in [5.41, 5.74) is 1.07. The van der Waals surface area contributed by atoms with E-state index in [-0.39, 0.29) is 13.2 Å². The van der Waals surface area contributed by atoms with Crippen molar-refractivity contribution in [2.45, 2.75) is 50.4 Å². The molecule has 11 heteroatoms. The second-order valence-electron chi connectivity index (χ2n) is 9.71. The number of piperidine rings is 1. The van der Waals surface area contributed by atoms with E-state index < -0.39 is 36.0 Å². The molecular formula is C28H34ClN3O7. The highest BCUT2D eigenvalue weighted by molar-refractivity contribution is 6.33. The topological polar surface area (TPSA) is 135 Å². The Bertz CT molecular complexity index is 1120. The largest absolute Gasteiger partial charge is 0.494 e. The van der Waals surface area contributed by atoms with E-state index in [4.69, 9.17) is 25.8 Å². The zero-order valence-electron chi connectivity index (χ0n) is 21.6. The van der Waals surface area contributed by atoms with E-state index >= 15 is 0 Å². The van der Waals surface area contributed by atoms with E-state index in [9.17, 15) is 19.5 Å². The smallest absolute Gasteiger partial charge is 0.326 e. The summed E-state index contributed by atoms with van der Waals surface area (Å²) in [7, 11) is 0. The number of ether oxygens (including phenoxy) is 3. The van der Waals surface area contributed by atoms with Crippen LogP contribution in [-0.4, -0.2) is 67.6 Å². The molecule has 2 aromatic carbocycles. The quantitative estimate of drug-likeness (QED) is 0.292. The van der Waals surface area contributed by atoms with Crippen molar-refractivity contribution in [1.82, 2.24) is 10.6 Å². The van der Waals surface area contributed by atoms with E-state index in [1.807, 2.05) is 0 Å². The average Bonchev–Trinajstić information content (AvgIpc) is 3.44. The van der Waals surface area contributed by atoms with Gasteiger partial charge in [0, 0.05) is 6.42 Å². The molecule has 2 aliphatic rings. The maximum atomic E-state index is 12.9. The van der Waals surface area contributed by atoms with Gasteiger partial charge in [0.1, 0.15) is 18.6 Å². The van der Waals surface area contributed by atoms with Crippen molar-refractivity contribution in [2.24, 2.45) is 5.92 Å². The number of carbonyl (C=O) groups excluding carboxylic acids is 2. The Kier molecular flexibility index (Phi) is 10.5. The van der Waals surface area contributed by atoms with Crippen molar-refractivity contribution in [1.29, 1.82) is 0 Å². The lowest BCUT2D eigenvalue weighted by Gasteiger charge is -2.22. The number of benzene rings is 2. The maximum absolute atomic E-state index is 12.9. The Balaban J connectivity index is 1.26. The Morgan fingerprint density at radius 1 is 1.08 bits per heavy atom. The Labute approximate surface area is 232 Å². The zero-order valence-corrected chi connectivity index (χ0v) is 22.3. The van der Waals surface area contributed by atoms with Gasteiger partial charge in [0.05, 0.1) is 17.3 Å². The first-order valence-electron chi connectivity index (χ1n) is 13.1. The Morgan fingerprint density at radius 2 is 1.82 bits per heavy atom. The zero-order chi connectivity index (χ0) is 27.6. The van der Waals surface area contributed by atoms with Gasteiger partial charge in [-0.25, -0.2) is 4.79 Å². The van der Waals surface area contributed by atoms with Gasteiger partial charge in [0.2, 0.25) is 0 Å². The summed E-state index contributed by atoms with van der Waals surface area (Å²) in [6.07, 6.45) is 2.07. The average molecular weight is 560 g/mol. The van der Waals surface area contributed by atoms with Gasteiger partial charge in [0.25, 0.3) is 11.8 Å². The molecule has 2 amide bonds. The number of para-hydroxylation sites is 1. The second kappa shape index (κ2) is 14.3. The van der Waals surface area contributed by atoms with Crippen LogP contribution in [0.2, 0.25) is 5.02 Å². The van der Waals surface area contributed by atoms with E-state index in [0.717, 1.165) is 25.9 Å². The maximum Gasteiger partial charge on any atom is 0.326 e. The number of carboxylic acids is 1. The van der Waals surface area contributed by atoms with Gasteiger partial charge in [-0.3, -0.25) is 9.59 Å². The molecule has 2 fully saturated rings. The van der Waals surface area contributed by atoms with Crippen molar-refractivity contribution >= 4 is 35.1 Å². The summed E-state index contributed by atoms with van der Waals surface area (Å²) >= 11 is 6.08. The fraction of sp³-hybridized carbons (Fsp3) is 0.464. The first-order chi connectivity index (χ1) is 18.9. The first kappa shape index (κ1) is 28.8. The minimum Gasteiger partial charge on any atom is -0.494 e. The molecule has 4 N–H and O–H groups in total. The van der Waals surface area contributed by atoms with Gasteiger partial charge in [-0.2, -0.15) is 0 Å². The summed E-state index contributed by atoms with van der Waals surface area (Å²) in [5.74, 6) is -1.18. The lowest BCUT2D eigenvalue weighted by atomic mass is 9.95. The summed E-state index contributed by atoms with van der Waals surface area (Å²) < 4.78 is 16.5. The molecule has 2 aliphatic heterocycles. The SMILES string of the molecule is O=C(O)[C@H](Cc1ccc(OCCCC2CCCNC2)cc1)NC(=O)[C@@H]1OCO[C@H]1C(=O)Nc1ccccc1Cl. The van der Waals surface area contributed by atoms with E-state index in [1.165, 1.54) is 12.8 Å². The van der Waals surface area contributed by atoms with Crippen LogP contribution in [0.4, 0.5) is 5.69 Å². The predicted molar refractivity (Wildman–Crippen MR) is 145 cm³/mol. The summed E-state index contributed by atoms with van der Waals surface area (Å²) in [6.45, 7) is 2.52. The third kappa shape index (κ3) is 8.40. The van der Waals surface area contributed by atoms with Gasteiger partial charge in [-0.1, -0.05) is 35.9 Å². The molecular weight excluding hydrogens is 526 g/mol. The van der Waals surface area contributed by atoms with Gasteiger partial charge >= 0.3 is 5.97 Å². The van der Waals surface area contributed by atoms with Crippen molar-refractivity contribution in [2.75, 3.05) is 31.8 Å². The minimum absolute atomic E-state index is 0.0418. The number of hydrogen-bond acceptors (Lipinski definition) is 7. The molecule has 0 bridgehead atoms. The van der Waals surface area contributed by atoms with Crippen LogP contribution in [0.3, 0.4) is 0 Å². The third-order valence-electron chi connectivity index (χ3n) is 6.82. The van der Waals surface area contributed by atoms with Gasteiger partial charge in [0.15, 0.2) is 12.2 Å². The number of carbonyl (C=O) groups is 3. The molecule has 0 radical (unpaired) electrons. The molecule has 0 spiro atoms. The van der Waals surface area contributed by atoms with Crippen molar-refractivity contribution in [3.8, 4) is 5.75 Å². The fourth-order valence-electron chi connectivity index (χ4n) is 4.70. The molecule has 10 nitrogen and oxygen atoms in total. The molecule has 4 atom stereocenters. The highest BCUT2D eigenvalue weighted by atomic mass is 35.5. The van der Waals surface area contributed by atoms with Crippen LogP contribution in [0.25, 0.3) is 0 Å². The van der Waals surface area contributed by atoms with Crippen LogP contribution in [-0.2, 0) is 30.3 Å². The molecule has 210 valence electrons. The van der Waals surface area contributed by atoms with Crippen LogP contribution in [0, 0.1) is 5.92 Å². The van der Waals surface area contributed by atoms with Crippen LogP contribution in [0.15, 0.2) is 48.5 Å². The van der Waals surface area contributed by atoms with E-state index in [1.54, 1.807) is 48.5 Å². The number of amides is 2. The van der Waals surface area contributed by atoms with Crippen LogP contribution >= 0.6 is 11.6 Å². The van der Waals surface area contributed by atoms with Crippen molar-refractivity contribution in [3.05, 3.63) is 59.1 Å². The highest BCUT2D eigenvalue weighted by Crippen LogP contribution is 2.23. The van der Waals surface area contributed by atoms with Crippen LogP contribution < -0.4 is 20.7 Å². The third-order valence-corrected chi connectivity index (χ3v) is 7.15. The first-order valence-corrected chi connectivity index (χ1v) is 13.5. The number of carboxylic acid groups (broad SMARTS) is 1. The number of aliphatic carboxylic acids is 1. The Hall–Kier alpha value is -3.18. The minimum atomic E-state index is -1.31. The van der Waals surface area contributed by atoms with Crippen molar-refractivity contribution in [3.63, 3.8) is 0 Å². The molecule has 0 aliphatic carbocycles. The molecule has 0 aromatic heterocycles. The highest BCUT2D eigenvalue weighted by Gasteiger charge is 2.41. The Morgan fingerprint density at radius 3 is 2.51 bits per heavy atom. The monoisotopic (exact) mass is 559 g/mol. The number of rotatable bonds is 12. The van der Waals surface area contributed by atoms with Gasteiger partial charge in [-0.15, -0.1) is 0 Å². The molecule has 2 saturated heterocycles. The fourth-order valence-corrected chi connectivity index (χ4v) is 4.88. The standard InChI is InChI=1S/C28H34ClN3O7/c29-21-7-1-2-8-22(21)31-26(33)24-25(39-17-38-24)27(34)32-23(28(35)36)15-18-9-11-20(12-10-18)37-14-4-6-19-5-3-13-30-16-19/h1-2,7-12,19,23-25,30H,3-6,13-17H2,(H,31,33)(H,32,34)(H,35,36)/t19?,23-,24+,25+/m0/s1. The van der Waals surface area contributed by atoms with Crippen LogP contribution in [0.5, 0.6) is 5.75 Å². The lowest BCUT2D eigenvalue weighted by molar-refractivity contribution is -0.144. The summed E-state index contributed by atoms with van der Waals surface area (Å²) in [6, 6.07) is 12.5. The molecule has 2 aromatic rings. The number of hydrogen-bond donors (Lipinski definition) is 4. The normalized spacial score (nSPS) is 21.6. The lowest BCUT2D eigenvalue weighted by Crippen LogP contribution is -2.51.